The summed E-state index contributed by atoms with van der Waals surface area (Å²) in [5, 5.41) is 15.2. The van der Waals surface area contributed by atoms with Crippen LogP contribution in [0, 0.1) is 13.8 Å². The highest BCUT2D eigenvalue weighted by molar-refractivity contribution is 6.17. The van der Waals surface area contributed by atoms with Crippen LogP contribution in [0.5, 0.6) is 0 Å². The van der Waals surface area contributed by atoms with E-state index in [-0.39, 0.29) is 0 Å². The van der Waals surface area contributed by atoms with Gasteiger partial charge in [-0.05, 0) is 286 Å². The van der Waals surface area contributed by atoms with E-state index in [0.717, 1.165) is 6.42 Å². The third kappa shape index (κ3) is 12.5. The van der Waals surface area contributed by atoms with Crippen molar-refractivity contribution < 1.29 is 0 Å². The van der Waals surface area contributed by atoms with E-state index in [1.807, 2.05) is 0 Å². The second-order valence-corrected chi connectivity index (χ2v) is 34.4. The van der Waals surface area contributed by atoms with E-state index in [1.54, 1.807) is 0 Å². The number of fused-ring (bicyclic) bond motifs is 21. The first-order valence-electron chi connectivity index (χ1n) is 44.6. The van der Waals surface area contributed by atoms with Crippen LogP contribution in [-0.2, 0) is 6.42 Å². The Balaban J connectivity index is 0.000000106. The van der Waals surface area contributed by atoms with Crippen molar-refractivity contribution in [3.8, 4) is 89.8 Å². The fourth-order valence-electron chi connectivity index (χ4n) is 21.1. The standard InChI is InChI=1S/C49H32N2.C38H28N2.C36H24N2/c1-3-13-36(14-4-1)50-46-21-10-9-18-41(46)43-28-32(22-25-47(43)50)33-23-26-48-44(29-33)45-31-35(24-27-49(45)51(48)37-15-5-2-6-16-37)39-19-11-20-40-38-17-8-7-12-34(38)30-42(39)40;1-25-9-7-11-29(21-25)39-35-15-5-3-13-31(35)33-23-27(17-19-37(33)39)28-18-20-38-34(24-28)32-14-4-6-16-36(32)40(38)30-12-8-10-26(2)22-30;1-3-11-27(12-4-1)37-33-17-9-7-15-29(33)31-23-25(19-21-35(31)37)26-20-22-36-32(24-26)30-16-8-10-18-34(30)38(36)28-13-5-2-6-14-28/h1-29,31H,30H2;3-24H,1-2H3;1-24H. The molecule has 0 amide bonds. The Labute approximate surface area is 746 Å². The van der Waals surface area contributed by atoms with Gasteiger partial charge in [-0.2, -0.15) is 0 Å². The molecule has 0 bridgehead atoms. The fraction of sp³-hybridized carbons (Fsp3) is 0.0244. The van der Waals surface area contributed by atoms with E-state index in [1.165, 1.54) is 243 Å². The van der Waals surface area contributed by atoms with Crippen LogP contribution >= 0.6 is 0 Å². The van der Waals surface area contributed by atoms with Gasteiger partial charge in [0.05, 0.1) is 66.2 Å². The molecule has 1 aliphatic rings. The Morgan fingerprint density at radius 3 is 0.674 bits per heavy atom. The first-order chi connectivity index (χ1) is 63.8. The zero-order valence-corrected chi connectivity index (χ0v) is 71.3. The lowest BCUT2D eigenvalue weighted by molar-refractivity contribution is 1.17. The van der Waals surface area contributed by atoms with E-state index in [2.05, 4.69) is 502 Å². The average molecular weight is 1650 g/mol. The van der Waals surface area contributed by atoms with E-state index in [9.17, 15) is 0 Å². The van der Waals surface area contributed by atoms with Crippen LogP contribution in [0.3, 0.4) is 0 Å². The maximum atomic E-state index is 2.43. The van der Waals surface area contributed by atoms with Crippen LogP contribution in [0.4, 0.5) is 0 Å². The molecule has 0 aliphatic heterocycles. The third-order valence-corrected chi connectivity index (χ3v) is 26.9. The molecule has 0 radical (unpaired) electrons. The number of aromatic nitrogens is 6. The van der Waals surface area contributed by atoms with Crippen LogP contribution in [0.1, 0.15) is 22.3 Å². The first-order valence-corrected chi connectivity index (χ1v) is 44.6. The summed E-state index contributed by atoms with van der Waals surface area (Å²) in [4.78, 5) is 0. The maximum absolute atomic E-state index is 2.43. The molecule has 26 aromatic rings. The molecule has 27 rings (SSSR count). The monoisotopic (exact) mass is 1640 g/mol. The molecule has 0 spiro atoms. The highest BCUT2D eigenvalue weighted by Gasteiger charge is 2.25. The summed E-state index contributed by atoms with van der Waals surface area (Å²) in [6, 6.07) is 168. The van der Waals surface area contributed by atoms with E-state index in [0.29, 0.717) is 0 Å². The van der Waals surface area contributed by atoms with Gasteiger partial charge in [-0.15, -0.1) is 0 Å². The summed E-state index contributed by atoms with van der Waals surface area (Å²) in [6.07, 6.45) is 0.971. The van der Waals surface area contributed by atoms with Gasteiger partial charge in [0, 0.05) is 98.8 Å². The summed E-state index contributed by atoms with van der Waals surface area (Å²) in [7, 11) is 0. The topological polar surface area (TPSA) is 29.6 Å². The zero-order valence-electron chi connectivity index (χ0n) is 71.3. The molecule has 20 aromatic carbocycles. The molecule has 129 heavy (non-hydrogen) atoms. The van der Waals surface area contributed by atoms with Crippen molar-refractivity contribution in [3.63, 3.8) is 0 Å². The first kappa shape index (κ1) is 74.8. The molecule has 0 N–H and O–H groups in total. The minimum absolute atomic E-state index is 0.971. The van der Waals surface area contributed by atoms with Crippen molar-refractivity contribution in [2.45, 2.75) is 20.3 Å². The van der Waals surface area contributed by atoms with Crippen molar-refractivity contribution in [2.24, 2.45) is 0 Å². The van der Waals surface area contributed by atoms with E-state index >= 15 is 0 Å². The molecule has 0 atom stereocenters. The predicted molar refractivity (Wildman–Crippen MR) is 545 cm³/mol. The van der Waals surface area contributed by atoms with Crippen LogP contribution in [0.2, 0.25) is 0 Å². The molecule has 6 aromatic heterocycles. The normalized spacial score (nSPS) is 11.9. The molecule has 606 valence electrons. The molecule has 0 unspecified atom stereocenters. The molecule has 1 aliphatic carbocycles. The quantitative estimate of drug-likeness (QED) is 0.131. The van der Waals surface area contributed by atoms with Gasteiger partial charge >= 0.3 is 0 Å². The Morgan fingerprint density at radius 2 is 0.364 bits per heavy atom. The second-order valence-electron chi connectivity index (χ2n) is 34.4. The van der Waals surface area contributed by atoms with Gasteiger partial charge in [0.25, 0.3) is 0 Å². The summed E-state index contributed by atoms with van der Waals surface area (Å²) in [5.41, 5.74) is 39.8. The van der Waals surface area contributed by atoms with Crippen LogP contribution in [0.15, 0.2) is 461 Å². The Hall–Kier alpha value is -16.8. The van der Waals surface area contributed by atoms with Gasteiger partial charge in [0.15, 0.2) is 0 Å². The number of nitrogens with zero attached hydrogens (tertiary/aromatic N) is 6. The molecule has 0 saturated heterocycles. The van der Waals surface area contributed by atoms with Gasteiger partial charge < -0.3 is 27.4 Å². The van der Waals surface area contributed by atoms with E-state index in [4.69, 9.17) is 0 Å². The molecular formula is C123H84N6. The summed E-state index contributed by atoms with van der Waals surface area (Å²) >= 11 is 0. The minimum Gasteiger partial charge on any atom is -0.309 e. The Morgan fingerprint density at radius 1 is 0.147 bits per heavy atom. The molecular weight excluding hydrogens is 1560 g/mol. The summed E-state index contributed by atoms with van der Waals surface area (Å²) < 4.78 is 14.3. The summed E-state index contributed by atoms with van der Waals surface area (Å²) in [5.74, 6) is 0. The summed E-state index contributed by atoms with van der Waals surface area (Å²) in [6.45, 7) is 4.31. The number of aryl methyl sites for hydroxylation is 2. The lowest BCUT2D eigenvalue weighted by Gasteiger charge is -2.11. The largest absolute Gasteiger partial charge is 0.309 e. The van der Waals surface area contributed by atoms with E-state index < -0.39 is 0 Å². The SMILES string of the molecule is Cc1cccc(-n2c3ccccc3c3cc(-c4ccc5c(c4)c4ccccc4n5-c4cccc(C)c4)ccc32)c1.c1ccc(-n2c3ccccc3c3cc(-c4ccc5c(c4)c4cc(-c6cccc7c6Cc6ccccc6-7)ccc4n5-c4ccccc4)ccc32)cc1.c1ccc(-n2c3ccccc3c3cc(-c4ccc5c(c4)c4ccccc4n5-c4ccccc4)ccc32)cc1. The van der Waals surface area contributed by atoms with Crippen molar-refractivity contribution in [1.29, 1.82) is 0 Å². The lowest BCUT2D eigenvalue weighted by atomic mass is 9.94. The van der Waals surface area contributed by atoms with Crippen molar-refractivity contribution in [2.75, 3.05) is 0 Å². The Bertz CT molecular complexity index is 8660. The maximum Gasteiger partial charge on any atom is 0.0541 e. The van der Waals surface area contributed by atoms with Gasteiger partial charge in [-0.3, -0.25) is 0 Å². The Kier molecular flexibility index (Phi) is 17.7. The minimum atomic E-state index is 0.971. The number of rotatable bonds is 10. The van der Waals surface area contributed by atoms with Gasteiger partial charge in [0.2, 0.25) is 0 Å². The smallest absolute Gasteiger partial charge is 0.0541 e. The van der Waals surface area contributed by atoms with Gasteiger partial charge in [0.1, 0.15) is 0 Å². The molecule has 6 heteroatoms. The van der Waals surface area contributed by atoms with Gasteiger partial charge in [-0.1, -0.05) is 273 Å². The lowest BCUT2D eigenvalue weighted by Crippen LogP contribution is -1.94. The van der Waals surface area contributed by atoms with Crippen molar-refractivity contribution in [3.05, 3.63) is 483 Å². The van der Waals surface area contributed by atoms with Crippen LogP contribution in [0.25, 0.3) is 221 Å². The van der Waals surface area contributed by atoms with Gasteiger partial charge in [-0.25, -0.2) is 0 Å². The average Bonchev–Trinajstić information content (AvgIpc) is 1.59. The highest BCUT2D eigenvalue weighted by atomic mass is 15.0. The number of para-hydroxylation sites is 9. The number of hydrogen-bond donors (Lipinski definition) is 0. The van der Waals surface area contributed by atoms with Crippen molar-refractivity contribution >= 4 is 131 Å². The molecule has 0 saturated carbocycles. The number of benzene rings is 20. The van der Waals surface area contributed by atoms with Crippen molar-refractivity contribution in [1.82, 2.24) is 27.4 Å². The predicted octanol–water partition coefficient (Wildman–Crippen LogP) is 32.5. The number of hydrogen-bond acceptors (Lipinski definition) is 0. The zero-order chi connectivity index (χ0) is 85.3. The van der Waals surface area contributed by atoms with Crippen LogP contribution < -0.4 is 0 Å². The molecule has 6 heterocycles. The molecule has 6 nitrogen and oxygen atoms in total. The van der Waals surface area contributed by atoms with Crippen LogP contribution in [-0.4, -0.2) is 27.4 Å². The fourth-order valence-corrected chi connectivity index (χ4v) is 21.1. The second kappa shape index (κ2) is 30.6. The highest BCUT2D eigenvalue weighted by Crippen LogP contribution is 2.47. The third-order valence-electron chi connectivity index (χ3n) is 26.9. The molecule has 0 fully saturated rings.